The first-order valence-corrected chi connectivity index (χ1v) is 12.1. The molecule has 5 rings (SSSR count). The van der Waals surface area contributed by atoms with Crippen LogP contribution in [0.15, 0.2) is 65.4 Å². The molecule has 0 saturated heterocycles. The highest BCUT2D eigenvalue weighted by atomic mass is 32.1. The van der Waals surface area contributed by atoms with Crippen molar-refractivity contribution in [3.05, 3.63) is 82.0 Å². The molecule has 0 atom stereocenters. The second-order valence-corrected chi connectivity index (χ2v) is 10.0. The lowest BCUT2D eigenvalue weighted by Gasteiger charge is -2.56. The summed E-state index contributed by atoms with van der Waals surface area (Å²) in [7, 11) is 1.45. The van der Waals surface area contributed by atoms with E-state index in [9.17, 15) is 9.59 Å². The first-order chi connectivity index (χ1) is 15.5. The van der Waals surface area contributed by atoms with E-state index in [4.69, 9.17) is 4.74 Å². The summed E-state index contributed by atoms with van der Waals surface area (Å²) in [6.07, 6.45) is 4.47. The fourth-order valence-corrected chi connectivity index (χ4v) is 6.17. The molecule has 0 aliphatic heterocycles. The summed E-state index contributed by atoms with van der Waals surface area (Å²) in [5.74, 6) is -0.0259. The summed E-state index contributed by atoms with van der Waals surface area (Å²) in [4.78, 5) is 24.5. The van der Waals surface area contributed by atoms with Crippen LogP contribution in [-0.2, 0) is 16.0 Å². The van der Waals surface area contributed by atoms with Crippen molar-refractivity contribution < 1.29 is 14.3 Å². The summed E-state index contributed by atoms with van der Waals surface area (Å²) < 4.78 is 4.84. The van der Waals surface area contributed by atoms with Gasteiger partial charge in [0.05, 0.1) is 18.6 Å². The average molecular weight is 446 g/mol. The van der Waals surface area contributed by atoms with E-state index in [1.807, 2.05) is 23.6 Å². The minimum Gasteiger partial charge on any atom is -0.469 e. The van der Waals surface area contributed by atoms with Gasteiger partial charge in [0, 0.05) is 11.4 Å². The Kier molecular flexibility index (Phi) is 5.60. The Hall–Kier alpha value is -2.92. The number of nitrogens with one attached hydrogen (secondary N) is 1. The summed E-state index contributed by atoms with van der Waals surface area (Å²) in [6, 6.07) is 19.1. The number of carbonyl (C=O) groups is 2. The zero-order valence-corrected chi connectivity index (χ0v) is 19.0. The zero-order valence-electron chi connectivity index (χ0n) is 18.2. The van der Waals surface area contributed by atoms with Gasteiger partial charge in [-0.15, -0.1) is 0 Å². The van der Waals surface area contributed by atoms with E-state index in [-0.39, 0.29) is 29.3 Å². The van der Waals surface area contributed by atoms with Gasteiger partial charge >= 0.3 is 5.97 Å². The summed E-state index contributed by atoms with van der Waals surface area (Å²) in [6.45, 7) is 0. The normalized spacial score (nSPS) is 23.8. The van der Waals surface area contributed by atoms with Crippen LogP contribution in [0.1, 0.15) is 47.2 Å². The van der Waals surface area contributed by atoms with Crippen molar-refractivity contribution >= 4 is 23.2 Å². The monoisotopic (exact) mass is 445 g/mol. The topological polar surface area (TPSA) is 55.4 Å². The number of esters is 1. The van der Waals surface area contributed by atoms with Crippen molar-refractivity contribution in [1.82, 2.24) is 5.32 Å². The maximum absolute atomic E-state index is 12.9. The molecule has 2 fully saturated rings. The molecule has 32 heavy (non-hydrogen) atoms. The minimum atomic E-state index is -0.0946. The summed E-state index contributed by atoms with van der Waals surface area (Å²) in [5, 5.41) is 7.24. The molecule has 0 radical (unpaired) electrons. The van der Waals surface area contributed by atoms with Crippen molar-refractivity contribution in [2.24, 2.45) is 11.3 Å². The number of carbonyl (C=O) groups excluding carboxylic acids is 2. The number of thiophene rings is 1. The van der Waals surface area contributed by atoms with Crippen molar-refractivity contribution in [3.8, 4) is 11.1 Å². The van der Waals surface area contributed by atoms with Crippen LogP contribution in [0, 0.1) is 11.3 Å². The van der Waals surface area contributed by atoms with Gasteiger partial charge in [0.2, 0.25) is 0 Å². The molecule has 4 nitrogen and oxygen atoms in total. The molecule has 2 aliphatic carbocycles. The van der Waals surface area contributed by atoms with Crippen molar-refractivity contribution in [1.29, 1.82) is 0 Å². The minimum absolute atomic E-state index is 0.0193. The van der Waals surface area contributed by atoms with Gasteiger partial charge in [0.1, 0.15) is 0 Å². The van der Waals surface area contributed by atoms with Crippen LogP contribution >= 0.6 is 11.3 Å². The third-order valence-corrected chi connectivity index (χ3v) is 7.82. The van der Waals surface area contributed by atoms with Gasteiger partial charge in [-0.2, -0.15) is 11.3 Å². The second-order valence-electron chi connectivity index (χ2n) is 9.26. The summed E-state index contributed by atoms with van der Waals surface area (Å²) in [5.41, 5.74) is 5.70. The molecular formula is C27H27NO3S. The maximum atomic E-state index is 12.9. The Morgan fingerprint density at radius 2 is 1.66 bits per heavy atom. The number of hydrogen-bond donors (Lipinski definition) is 1. The molecular weight excluding hydrogens is 418 g/mol. The molecule has 1 spiro atoms. The quantitative estimate of drug-likeness (QED) is 0.512. The fourth-order valence-electron chi connectivity index (χ4n) is 5.33. The highest BCUT2D eigenvalue weighted by Gasteiger charge is 2.55. The Labute approximate surface area is 192 Å². The predicted molar refractivity (Wildman–Crippen MR) is 127 cm³/mol. The fraction of sp³-hybridized carbons (Fsp3) is 0.333. The first-order valence-electron chi connectivity index (χ1n) is 11.1. The SMILES string of the molecule is COC(=O)C1CC2(CC(NC(=O)c3cscc3Cc3ccc(-c4ccccc4)cc3)C2)C1. The molecule has 164 valence electrons. The Balaban J connectivity index is 1.17. The molecule has 1 aromatic heterocycles. The van der Waals surface area contributed by atoms with Crippen LogP contribution in [-0.4, -0.2) is 25.0 Å². The Morgan fingerprint density at radius 3 is 2.34 bits per heavy atom. The summed E-state index contributed by atoms with van der Waals surface area (Å²) >= 11 is 1.58. The molecule has 1 N–H and O–H groups in total. The van der Waals surface area contributed by atoms with Crippen LogP contribution < -0.4 is 5.32 Å². The zero-order chi connectivity index (χ0) is 22.1. The van der Waals surface area contributed by atoms with E-state index in [0.717, 1.165) is 43.2 Å². The van der Waals surface area contributed by atoms with Gasteiger partial charge in [0.15, 0.2) is 0 Å². The third-order valence-electron chi connectivity index (χ3n) is 7.03. The maximum Gasteiger partial charge on any atom is 0.308 e. The van der Waals surface area contributed by atoms with E-state index < -0.39 is 0 Å². The van der Waals surface area contributed by atoms with Crippen LogP contribution in [0.4, 0.5) is 0 Å². The molecule has 2 aromatic carbocycles. The van der Waals surface area contributed by atoms with Gasteiger partial charge in [-0.05, 0) is 65.2 Å². The largest absolute Gasteiger partial charge is 0.469 e. The average Bonchev–Trinajstić information content (AvgIpc) is 3.23. The second kappa shape index (κ2) is 8.55. The van der Waals surface area contributed by atoms with Gasteiger partial charge in [-0.25, -0.2) is 0 Å². The van der Waals surface area contributed by atoms with Crippen molar-refractivity contribution in [2.75, 3.05) is 7.11 Å². The van der Waals surface area contributed by atoms with Crippen LogP contribution in [0.2, 0.25) is 0 Å². The van der Waals surface area contributed by atoms with Gasteiger partial charge in [-0.3, -0.25) is 9.59 Å². The van der Waals surface area contributed by atoms with E-state index in [1.165, 1.54) is 23.8 Å². The molecule has 1 amide bonds. The van der Waals surface area contributed by atoms with Crippen LogP contribution in [0.3, 0.4) is 0 Å². The van der Waals surface area contributed by atoms with E-state index in [1.54, 1.807) is 11.3 Å². The van der Waals surface area contributed by atoms with E-state index >= 15 is 0 Å². The number of ether oxygens (including phenoxy) is 1. The number of methoxy groups -OCH3 is 1. The lowest BCUT2D eigenvalue weighted by molar-refractivity contribution is -0.159. The number of hydrogen-bond acceptors (Lipinski definition) is 4. The molecule has 0 unspecified atom stereocenters. The molecule has 5 heteroatoms. The molecule has 3 aromatic rings. The lowest BCUT2D eigenvalue weighted by Crippen LogP contribution is -2.57. The lowest BCUT2D eigenvalue weighted by atomic mass is 9.50. The Morgan fingerprint density at radius 1 is 0.969 bits per heavy atom. The van der Waals surface area contributed by atoms with Crippen LogP contribution in [0.5, 0.6) is 0 Å². The predicted octanol–water partition coefficient (Wildman–Crippen LogP) is 5.47. The first kappa shape index (κ1) is 21.0. The molecule has 2 saturated carbocycles. The van der Waals surface area contributed by atoms with Gasteiger partial charge in [-0.1, -0.05) is 54.6 Å². The molecule has 2 aliphatic rings. The van der Waals surface area contributed by atoms with Gasteiger partial charge < -0.3 is 10.1 Å². The van der Waals surface area contributed by atoms with Crippen molar-refractivity contribution in [2.45, 2.75) is 38.1 Å². The number of amides is 1. The number of rotatable bonds is 6. The highest BCUT2D eigenvalue weighted by molar-refractivity contribution is 7.08. The van der Waals surface area contributed by atoms with Crippen LogP contribution in [0.25, 0.3) is 11.1 Å². The number of benzene rings is 2. The highest BCUT2D eigenvalue weighted by Crippen LogP contribution is 2.58. The standard InChI is InChI=1S/C27H27NO3S/c1-31-26(30)22-12-27(13-22)14-23(15-27)28-25(29)24-17-32-16-21(24)11-18-7-9-20(10-8-18)19-5-3-2-4-6-19/h2-10,16-17,22-23H,11-15H2,1H3,(H,28,29). The molecule has 0 bridgehead atoms. The van der Waals surface area contributed by atoms with Gasteiger partial charge in [0.25, 0.3) is 5.91 Å². The molecule has 1 heterocycles. The van der Waals surface area contributed by atoms with Crippen molar-refractivity contribution in [3.63, 3.8) is 0 Å². The Bertz CT molecular complexity index is 1110. The van der Waals surface area contributed by atoms with E-state index in [2.05, 4.69) is 47.1 Å². The van der Waals surface area contributed by atoms with E-state index in [0.29, 0.717) is 0 Å². The third kappa shape index (κ3) is 4.09. The smallest absolute Gasteiger partial charge is 0.308 e.